The molecule has 3 N–H and O–H groups in total. The molecular formula is C22H18N6O. The summed E-state index contributed by atoms with van der Waals surface area (Å²) in [6.45, 7) is 0. The molecule has 0 aliphatic carbocycles. The van der Waals surface area contributed by atoms with Crippen LogP contribution in [-0.2, 0) is 0 Å². The third kappa shape index (κ3) is 4.92. The van der Waals surface area contributed by atoms with Crippen LogP contribution < -0.4 is 16.0 Å². The van der Waals surface area contributed by atoms with Gasteiger partial charge in [-0.1, -0.05) is 6.07 Å². The van der Waals surface area contributed by atoms with Crippen molar-refractivity contribution in [3.05, 3.63) is 97.1 Å². The van der Waals surface area contributed by atoms with Crippen LogP contribution in [0.15, 0.2) is 91.5 Å². The van der Waals surface area contributed by atoms with E-state index in [-0.39, 0.29) is 5.91 Å². The van der Waals surface area contributed by atoms with Crippen molar-refractivity contribution in [1.82, 2.24) is 15.0 Å². The maximum Gasteiger partial charge on any atom is 0.256 e. The van der Waals surface area contributed by atoms with E-state index >= 15 is 0 Å². The molecule has 7 nitrogen and oxygen atoms in total. The molecule has 142 valence electrons. The SMILES string of the molecule is O=C(Nc1cccc(Nc2ccncc2)n1)c1ccc(Nc2ccncc2)cc1. The van der Waals surface area contributed by atoms with E-state index in [1.165, 1.54) is 0 Å². The van der Waals surface area contributed by atoms with Crippen molar-refractivity contribution in [2.45, 2.75) is 0 Å². The summed E-state index contributed by atoms with van der Waals surface area (Å²) in [4.78, 5) is 24.9. The quantitative estimate of drug-likeness (QED) is 0.451. The van der Waals surface area contributed by atoms with Gasteiger partial charge in [0.25, 0.3) is 5.91 Å². The molecule has 0 unspecified atom stereocenters. The molecular weight excluding hydrogens is 364 g/mol. The van der Waals surface area contributed by atoms with Crippen LogP contribution in [0.2, 0.25) is 0 Å². The first-order valence-electron chi connectivity index (χ1n) is 8.99. The number of rotatable bonds is 6. The van der Waals surface area contributed by atoms with Gasteiger partial charge in [0.15, 0.2) is 0 Å². The van der Waals surface area contributed by atoms with Crippen LogP contribution in [0.1, 0.15) is 10.4 Å². The molecule has 0 radical (unpaired) electrons. The van der Waals surface area contributed by atoms with Crippen LogP contribution >= 0.6 is 0 Å². The predicted octanol–water partition coefficient (Wildman–Crippen LogP) is 4.61. The van der Waals surface area contributed by atoms with Crippen molar-refractivity contribution in [1.29, 1.82) is 0 Å². The Morgan fingerprint density at radius 2 is 1.17 bits per heavy atom. The lowest BCUT2D eigenvalue weighted by molar-refractivity contribution is 0.102. The normalized spacial score (nSPS) is 10.2. The monoisotopic (exact) mass is 382 g/mol. The molecule has 29 heavy (non-hydrogen) atoms. The van der Waals surface area contributed by atoms with E-state index in [1.54, 1.807) is 43.0 Å². The summed E-state index contributed by atoms with van der Waals surface area (Å²) in [7, 11) is 0. The number of carbonyl (C=O) groups excluding carboxylic acids is 1. The van der Waals surface area contributed by atoms with Gasteiger partial charge in [0.2, 0.25) is 0 Å². The van der Waals surface area contributed by atoms with Crippen molar-refractivity contribution < 1.29 is 4.79 Å². The number of nitrogens with zero attached hydrogens (tertiary/aromatic N) is 3. The van der Waals surface area contributed by atoms with Crippen molar-refractivity contribution in [2.24, 2.45) is 0 Å². The van der Waals surface area contributed by atoms with Crippen LogP contribution in [0.25, 0.3) is 0 Å². The number of amides is 1. The van der Waals surface area contributed by atoms with E-state index in [9.17, 15) is 4.79 Å². The van der Waals surface area contributed by atoms with Gasteiger partial charge in [0.1, 0.15) is 11.6 Å². The second-order valence-corrected chi connectivity index (χ2v) is 6.16. The van der Waals surface area contributed by atoms with Crippen LogP contribution in [0.5, 0.6) is 0 Å². The van der Waals surface area contributed by atoms with Gasteiger partial charge >= 0.3 is 0 Å². The number of anilines is 5. The van der Waals surface area contributed by atoms with Gasteiger partial charge in [0.05, 0.1) is 0 Å². The van der Waals surface area contributed by atoms with Gasteiger partial charge in [-0.3, -0.25) is 14.8 Å². The molecule has 3 aromatic heterocycles. The molecule has 0 bridgehead atoms. The molecule has 7 heteroatoms. The Balaban J connectivity index is 1.40. The first kappa shape index (κ1) is 18.1. The number of pyridine rings is 3. The van der Waals surface area contributed by atoms with Crippen molar-refractivity contribution in [3.63, 3.8) is 0 Å². The van der Waals surface area contributed by atoms with Crippen molar-refractivity contribution in [2.75, 3.05) is 16.0 Å². The molecule has 1 aromatic carbocycles. The largest absolute Gasteiger partial charge is 0.355 e. The molecule has 0 saturated heterocycles. The fourth-order valence-electron chi connectivity index (χ4n) is 2.65. The highest BCUT2D eigenvalue weighted by atomic mass is 16.1. The minimum atomic E-state index is -0.228. The number of hydrogen-bond acceptors (Lipinski definition) is 6. The molecule has 0 fully saturated rings. The van der Waals surface area contributed by atoms with Crippen molar-refractivity contribution >= 4 is 34.6 Å². The summed E-state index contributed by atoms with van der Waals surface area (Å²) < 4.78 is 0. The fraction of sp³-hybridized carbons (Fsp3) is 0. The van der Waals surface area contributed by atoms with E-state index in [1.807, 2.05) is 48.5 Å². The number of hydrogen-bond donors (Lipinski definition) is 3. The fourth-order valence-corrected chi connectivity index (χ4v) is 2.65. The van der Waals surface area contributed by atoms with E-state index in [0.29, 0.717) is 17.2 Å². The Labute approximate surface area is 167 Å². The van der Waals surface area contributed by atoms with E-state index < -0.39 is 0 Å². The summed E-state index contributed by atoms with van der Waals surface area (Å²) in [6.07, 6.45) is 6.83. The summed E-state index contributed by atoms with van der Waals surface area (Å²) >= 11 is 0. The molecule has 1 amide bonds. The Morgan fingerprint density at radius 3 is 1.83 bits per heavy atom. The van der Waals surface area contributed by atoms with Crippen LogP contribution in [0.3, 0.4) is 0 Å². The standard InChI is InChI=1S/C22H18N6O/c29-22(16-4-6-17(7-5-16)25-18-8-12-23-13-9-18)28-21-3-1-2-20(27-21)26-19-10-14-24-15-11-19/h1-15H,(H,23,25)(H2,24,26,27,28,29). The zero-order chi connectivity index (χ0) is 19.9. The van der Waals surface area contributed by atoms with Crippen LogP contribution in [-0.4, -0.2) is 20.9 Å². The lowest BCUT2D eigenvalue weighted by atomic mass is 10.2. The molecule has 0 saturated carbocycles. The van der Waals surface area contributed by atoms with Gasteiger partial charge in [-0.15, -0.1) is 0 Å². The maximum absolute atomic E-state index is 12.5. The molecule has 3 heterocycles. The number of aromatic nitrogens is 3. The predicted molar refractivity (Wildman–Crippen MR) is 114 cm³/mol. The van der Waals surface area contributed by atoms with Gasteiger partial charge in [-0.25, -0.2) is 4.98 Å². The minimum absolute atomic E-state index is 0.228. The topological polar surface area (TPSA) is 91.8 Å². The smallest absolute Gasteiger partial charge is 0.256 e. The average Bonchev–Trinajstić information content (AvgIpc) is 2.76. The Bertz CT molecular complexity index is 1090. The van der Waals surface area contributed by atoms with E-state index in [2.05, 4.69) is 30.9 Å². The molecule has 4 aromatic rings. The highest BCUT2D eigenvalue weighted by Crippen LogP contribution is 2.18. The Kier molecular flexibility index (Phi) is 5.39. The summed E-state index contributed by atoms with van der Waals surface area (Å²) in [5.74, 6) is 0.868. The molecule has 0 spiro atoms. The summed E-state index contributed by atoms with van der Waals surface area (Å²) in [5, 5.41) is 9.25. The molecule has 0 aliphatic rings. The van der Waals surface area contributed by atoms with Crippen molar-refractivity contribution in [3.8, 4) is 0 Å². The summed E-state index contributed by atoms with van der Waals surface area (Å²) in [6, 6.07) is 20.1. The average molecular weight is 382 g/mol. The van der Waals surface area contributed by atoms with E-state index in [4.69, 9.17) is 0 Å². The highest BCUT2D eigenvalue weighted by molar-refractivity contribution is 6.04. The number of carbonyl (C=O) groups is 1. The second kappa shape index (κ2) is 8.62. The van der Waals surface area contributed by atoms with Gasteiger partial charge < -0.3 is 16.0 Å². The summed E-state index contributed by atoms with van der Waals surface area (Å²) in [5.41, 5.74) is 3.22. The number of benzene rings is 1. The Hall–Kier alpha value is -4.26. The van der Waals surface area contributed by atoms with Gasteiger partial charge in [-0.2, -0.15) is 0 Å². The van der Waals surface area contributed by atoms with E-state index in [0.717, 1.165) is 17.1 Å². The van der Waals surface area contributed by atoms with Gasteiger partial charge in [0, 0.05) is 47.4 Å². The molecule has 0 atom stereocenters. The minimum Gasteiger partial charge on any atom is -0.355 e. The third-order valence-electron chi connectivity index (χ3n) is 4.06. The lowest BCUT2D eigenvalue weighted by Gasteiger charge is -2.09. The van der Waals surface area contributed by atoms with Crippen LogP contribution in [0, 0.1) is 0 Å². The maximum atomic E-state index is 12.5. The lowest BCUT2D eigenvalue weighted by Crippen LogP contribution is -2.13. The van der Waals surface area contributed by atoms with Gasteiger partial charge in [-0.05, 0) is 60.7 Å². The Morgan fingerprint density at radius 1 is 0.621 bits per heavy atom. The zero-order valence-corrected chi connectivity index (χ0v) is 15.4. The van der Waals surface area contributed by atoms with Crippen LogP contribution in [0.4, 0.5) is 28.7 Å². The second-order valence-electron chi connectivity index (χ2n) is 6.16. The molecule has 0 aliphatic heterocycles. The number of nitrogens with one attached hydrogen (secondary N) is 3. The third-order valence-corrected chi connectivity index (χ3v) is 4.06. The first-order valence-corrected chi connectivity index (χ1v) is 8.99. The molecule has 4 rings (SSSR count). The highest BCUT2D eigenvalue weighted by Gasteiger charge is 2.08. The first-order chi connectivity index (χ1) is 14.3. The zero-order valence-electron chi connectivity index (χ0n) is 15.4.